The van der Waals surface area contributed by atoms with E-state index in [1.165, 1.54) is 6.92 Å². The van der Waals surface area contributed by atoms with Crippen LogP contribution in [0.15, 0.2) is 0 Å². The van der Waals surface area contributed by atoms with Crippen molar-refractivity contribution in [3.05, 3.63) is 21.0 Å². The number of urea groups is 1. The van der Waals surface area contributed by atoms with Crippen molar-refractivity contribution >= 4 is 50.9 Å². The van der Waals surface area contributed by atoms with Gasteiger partial charge in [0.2, 0.25) is 21.1 Å². The van der Waals surface area contributed by atoms with Crippen LogP contribution in [0.1, 0.15) is 44.2 Å². The second-order valence-corrected chi connectivity index (χ2v) is 8.99. The Kier molecular flexibility index (Phi) is 7.18. The molecule has 27 heavy (non-hydrogen) atoms. The number of halogens is 2. The van der Waals surface area contributed by atoms with Crippen LogP contribution in [0.3, 0.4) is 0 Å². The first-order chi connectivity index (χ1) is 12.6. The van der Waals surface area contributed by atoms with Gasteiger partial charge in [-0.3, -0.25) is 15.4 Å². The van der Waals surface area contributed by atoms with Crippen LogP contribution >= 0.6 is 23.2 Å². The van der Waals surface area contributed by atoms with Crippen molar-refractivity contribution in [1.29, 1.82) is 0 Å². The Morgan fingerprint density at radius 2 is 1.85 bits per heavy atom. The fraction of sp³-hybridized carbons (Fsp3) is 0.643. The molecule has 13 heteroatoms. The fourth-order valence-electron chi connectivity index (χ4n) is 2.88. The molecule has 1 saturated carbocycles. The van der Waals surface area contributed by atoms with Crippen LogP contribution in [0.4, 0.5) is 16.4 Å². The number of carbonyl (C=O) groups excluding carboxylic acids is 1. The number of alkyl halides is 1. The van der Waals surface area contributed by atoms with E-state index in [-0.39, 0.29) is 11.6 Å². The summed E-state index contributed by atoms with van der Waals surface area (Å²) in [4.78, 5) is 29.5. The minimum absolute atomic E-state index is 0.0704. The molecule has 1 aromatic rings. The van der Waals surface area contributed by atoms with Crippen LogP contribution in [0, 0.1) is 17.0 Å². The van der Waals surface area contributed by atoms with Crippen molar-refractivity contribution in [2.75, 3.05) is 5.32 Å². The lowest BCUT2D eigenvalue weighted by molar-refractivity contribution is -0.385. The van der Waals surface area contributed by atoms with Gasteiger partial charge in [0.15, 0.2) is 0 Å². The van der Waals surface area contributed by atoms with Gasteiger partial charge >= 0.3 is 11.7 Å². The van der Waals surface area contributed by atoms with Crippen molar-refractivity contribution < 1.29 is 18.1 Å². The summed E-state index contributed by atoms with van der Waals surface area (Å²) in [6, 6.07) is -1.09. The van der Waals surface area contributed by atoms with Gasteiger partial charge in [-0.15, -0.1) is 11.6 Å². The first-order valence-corrected chi connectivity index (χ1v) is 10.6. The van der Waals surface area contributed by atoms with Gasteiger partial charge in [-0.2, -0.15) is 4.98 Å². The third-order valence-corrected chi connectivity index (χ3v) is 6.95. The molecular formula is C14H19Cl2N5O5S. The van der Waals surface area contributed by atoms with Crippen LogP contribution in [0.25, 0.3) is 0 Å². The van der Waals surface area contributed by atoms with Crippen molar-refractivity contribution in [1.82, 2.24) is 14.7 Å². The van der Waals surface area contributed by atoms with E-state index >= 15 is 0 Å². The van der Waals surface area contributed by atoms with E-state index in [9.17, 15) is 23.3 Å². The minimum atomic E-state index is -4.02. The maximum Gasteiger partial charge on any atom is 0.335 e. The monoisotopic (exact) mass is 439 g/mol. The molecule has 2 unspecified atom stereocenters. The Balaban J connectivity index is 2.11. The molecule has 1 heterocycles. The summed E-state index contributed by atoms with van der Waals surface area (Å²) in [5.74, 6) is -0.351. The zero-order valence-corrected chi connectivity index (χ0v) is 16.8. The van der Waals surface area contributed by atoms with Gasteiger partial charge in [0.05, 0.1) is 15.6 Å². The van der Waals surface area contributed by atoms with Crippen molar-refractivity contribution in [3.63, 3.8) is 0 Å². The van der Waals surface area contributed by atoms with E-state index in [2.05, 4.69) is 15.3 Å². The Hall–Kier alpha value is -1.72. The van der Waals surface area contributed by atoms with E-state index in [0.717, 1.165) is 19.3 Å². The van der Waals surface area contributed by atoms with Gasteiger partial charge < -0.3 is 0 Å². The Bertz CT molecular complexity index is 812. The largest absolute Gasteiger partial charge is 0.335 e. The van der Waals surface area contributed by atoms with Crippen molar-refractivity contribution in [3.8, 4) is 0 Å². The number of anilines is 1. The lowest BCUT2D eigenvalue weighted by Crippen LogP contribution is -2.44. The molecule has 1 aliphatic carbocycles. The highest BCUT2D eigenvalue weighted by atomic mass is 35.5. The molecule has 1 aromatic heterocycles. The first kappa shape index (κ1) is 21.6. The molecule has 0 saturated heterocycles. The number of amides is 2. The first-order valence-electron chi connectivity index (χ1n) is 8.27. The van der Waals surface area contributed by atoms with E-state index in [1.54, 1.807) is 0 Å². The van der Waals surface area contributed by atoms with Crippen molar-refractivity contribution in [2.45, 2.75) is 56.1 Å². The average Bonchev–Trinajstić information content (AvgIpc) is 2.48. The van der Waals surface area contributed by atoms with Gasteiger partial charge in [-0.1, -0.05) is 37.3 Å². The molecular weight excluding hydrogens is 421 g/mol. The normalized spacial score (nSPS) is 21.0. The lowest BCUT2D eigenvalue weighted by Gasteiger charge is -2.24. The highest BCUT2D eigenvalue weighted by molar-refractivity contribution is 7.90. The van der Waals surface area contributed by atoms with Crippen molar-refractivity contribution in [2.24, 2.45) is 0 Å². The molecule has 0 bridgehead atoms. The zero-order valence-electron chi connectivity index (χ0n) is 14.4. The summed E-state index contributed by atoms with van der Waals surface area (Å²) < 4.78 is 27.0. The zero-order chi connectivity index (χ0) is 20.2. The maximum atomic E-state index is 12.5. The highest BCUT2D eigenvalue weighted by Gasteiger charge is 2.34. The summed E-state index contributed by atoms with van der Waals surface area (Å²) in [5.41, 5.74) is -0.561. The van der Waals surface area contributed by atoms with E-state index in [1.807, 2.05) is 4.72 Å². The number of nitrogens with zero attached hydrogens (tertiary/aromatic N) is 3. The smallest absolute Gasteiger partial charge is 0.275 e. The predicted molar refractivity (Wildman–Crippen MR) is 101 cm³/mol. The summed E-state index contributed by atoms with van der Waals surface area (Å²) >= 11 is 11.9. The van der Waals surface area contributed by atoms with E-state index in [0.29, 0.717) is 19.3 Å². The number of aryl methyl sites for hydroxylation is 1. The highest BCUT2D eigenvalue weighted by Crippen LogP contribution is 2.27. The number of rotatable bonds is 4. The minimum Gasteiger partial charge on any atom is -0.275 e. The van der Waals surface area contributed by atoms with Crippen LogP contribution in [0.5, 0.6) is 0 Å². The predicted octanol–water partition coefficient (Wildman–Crippen LogP) is 3.13. The van der Waals surface area contributed by atoms with Gasteiger partial charge in [0.25, 0.3) is 0 Å². The van der Waals surface area contributed by atoms with Crippen LogP contribution < -0.4 is 10.0 Å². The second kappa shape index (κ2) is 8.98. The molecule has 0 aliphatic heterocycles. The standard InChI is InChI=1S/C14H19Cl2N5O5S/c1-8-11(21(23)24)12(16)18-13(17-8)19-14(22)20-27(25,26)10-7-5-3-2-4-6-9(10)15/h9-10H,2-7H2,1H3,(H2,17,18,19,20,22). The van der Waals surface area contributed by atoms with Crippen LogP contribution in [-0.2, 0) is 10.0 Å². The lowest BCUT2D eigenvalue weighted by atomic mass is 10.0. The second-order valence-electron chi connectivity index (χ2n) is 6.18. The molecule has 2 N–H and O–H groups in total. The molecule has 10 nitrogen and oxygen atoms in total. The summed E-state index contributed by atoms with van der Waals surface area (Å²) in [5, 5.41) is 11.0. The number of carbonyl (C=O) groups is 1. The summed E-state index contributed by atoms with van der Waals surface area (Å²) in [7, 11) is -4.02. The summed E-state index contributed by atoms with van der Waals surface area (Å²) in [6.07, 6.45) is 4.36. The Morgan fingerprint density at radius 1 is 1.22 bits per heavy atom. The number of aromatic nitrogens is 2. The topological polar surface area (TPSA) is 144 Å². The van der Waals surface area contributed by atoms with E-state index < -0.39 is 42.4 Å². The summed E-state index contributed by atoms with van der Waals surface area (Å²) in [6.45, 7) is 1.32. The molecule has 1 aliphatic rings. The van der Waals surface area contributed by atoms with Crippen LogP contribution in [-0.4, -0.2) is 40.0 Å². The molecule has 2 rings (SSSR count). The van der Waals surface area contributed by atoms with Gasteiger partial charge in [-0.25, -0.2) is 22.9 Å². The van der Waals surface area contributed by atoms with Gasteiger partial charge in [0.1, 0.15) is 5.69 Å². The van der Waals surface area contributed by atoms with E-state index in [4.69, 9.17) is 23.2 Å². The third kappa shape index (κ3) is 5.63. The molecule has 0 aromatic carbocycles. The van der Waals surface area contributed by atoms with Gasteiger partial charge in [0, 0.05) is 0 Å². The van der Waals surface area contributed by atoms with Crippen LogP contribution in [0.2, 0.25) is 5.15 Å². The Morgan fingerprint density at radius 3 is 2.44 bits per heavy atom. The number of nitro groups is 1. The fourth-order valence-corrected chi connectivity index (χ4v) is 5.32. The average molecular weight is 440 g/mol. The molecule has 150 valence electrons. The molecule has 0 radical (unpaired) electrons. The molecule has 2 amide bonds. The molecule has 0 spiro atoms. The number of hydrogen-bond acceptors (Lipinski definition) is 7. The Labute approximate surface area is 166 Å². The SMILES string of the molecule is Cc1nc(NC(=O)NS(=O)(=O)C2CCCCCCC2Cl)nc(Cl)c1[N+](=O)[O-]. The third-order valence-electron chi connectivity index (χ3n) is 4.18. The maximum absolute atomic E-state index is 12.5. The molecule has 2 atom stereocenters. The number of nitrogens with one attached hydrogen (secondary N) is 2. The number of hydrogen-bond donors (Lipinski definition) is 2. The number of sulfonamides is 1. The quantitative estimate of drug-likeness (QED) is 0.317. The molecule has 1 fully saturated rings. The van der Waals surface area contributed by atoms with Gasteiger partial charge in [-0.05, 0) is 19.8 Å².